The van der Waals surface area contributed by atoms with Gasteiger partial charge in [0.1, 0.15) is 11.7 Å². The van der Waals surface area contributed by atoms with Crippen molar-refractivity contribution in [1.82, 2.24) is 14.5 Å². The van der Waals surface area contributed by atoms with Gasteiger partial charge in [-0.3, -0.25) is 14.4 Å². The molecule has 0 bridgehead atoms. The van der Waals surface area contributed by atoms with Gasteiger partial charge in [0, 0.05) is 31.0 Å². The molecular formula is C25H25N3O4. The van der Waals surface area contributed by atoms with Crippen LogP contribution < -0.4 is 4.74 Å². The fourth-order valence-corrected chi connectivity index (χ4v) is 4.14. The number of Topliss-reactive ketones (excluding diaryl/α,β-unsaturated/α-hetero) is 2. The molecule has 0 saturated carbocycles. The van der Waals surface area contributed by atoms with Gasteiger partial charge in [0.05, 0.1) is 19.5 Å². The maximum atomic E-state index is 13.4. The summed E-state index contributed by atoms with van der Waals surface area (Å²) in [5.41, 5.74) is 2.18. The summed E-state index contributed by atoms with van der Waals surface area (Å²) in [4.78, 5) is 45.0. The number of carbonyl (C=O) groups excluding carboxylic acids is 3. The number of aromatic nitrogens is 2. The van der Waals surface area contributed by atoms with Crippen molar-refractivity contribution >= 4 is 17.5 Å². The third-order valence-corrected chi connectivity index (χ3v) is 5.86. The zero-order chi connectivity index (χ0) is 22.7. The summed E-state index contributed by atoms with van der Waals surface area (Å²) in [6.45, 7) is 2.95. The molecule has 2 aromatic carbocycles. The van der Waals surface area contributed by atoms with E-state index in [0.29, 0.717) is 30.8 Å². The van der Waals surface area contributed by atoms with Crippen molar-refractivity contribution in [3.8, 4) is 5.75 Å². The number of imidazole rings is 1. The second kappa shape index (κ2) is 9.18. The minimum atomic E-state index is -1.08. The normalized spacial score (nSPS) is 18.2. The van der Waals surface area contributed by atoms with E-state index in [-0.39, 0.29) is 5.78 Å². The number of nitrogens with zero attached hydrogens (tertiary/aromatic N) is 3. The van der Waals surface area contributed by atoms with Crippen LogP contribution in [0.5, 0.6) is 5.75 Å². The Morgan fingerprint density at radius 1 is 1.03 bits per heavy atom. The highest BCUT2D eigenvalue weighted by Gasteiger charge is 2.51. The zero-order valence-corrected chi connectivity index (χ0v) is 18.1. The van der Waals surface area contributed by atoms with Crippen molar-refractivity contribution in [2.75, 3.05) is 13.7 Å². The lowest BCUT2D eigenvalue weighted by atomic mass is 9.86. The van der Waals surface area contributed by atoms with E-state index in [1.807, 2.05) is 42.0 Å². The number of carbonyl (C=O) groups is 3. The van der Waals surface area contributed by atoms with Crippen molar-refractivity contribution in [1.29, 1.82) is 0 Å². The average Bonchev–Trinajstić information content (AvgIpc) is 3.41. The minimum Gasteiger partial charge on any atom is -0.497 e. The average molecular weight is 431 g/mol. The molecule has 32 heavy (non-hydrogen) atoms. The molecule has 0 N–H and O–H groups in total. The Morgan fingerprint density at radius 3 is 2.38 bits per heavy atom. The molecule has 1 saturated heterocycles. The molecule has 2 heterocycles. The number of benzene rings is 2. The van der Waals surface area contributed by atoms with Gasteiger partial charge in [0.2, 0.25) is 5.78 Å². The van der Waals surface area contributed by atoms with Crippen molar-refractivity contribution in [2.24, 2.45) is 5.92 Å². The summed E-state index contributed by atoms with van der Waals surface area (Å²) in [5, 5.41) is 0. The molecule has 4 rings (SSSR count). The molecule has 3 aromatic rings. The lowest BCUT2D eigenvalue weighted by Crippen LogP contribution is -2.32. The minimum absolute atomic E-state index is 0.332. The van der Waals surface area contributed by atoms with Gasteiger partial charge in [-0.05, 0) is 31.0 Å². The zero-order valence-electron chi connectivity index (χ0n) is 18.1. The number of likely N-dealkylation sites (tertiary alicyclic amines) is 1. The fraction of sp³-hybridized carbons (Fsp3) is 0.280. The van der Waals surface area contributed by atoms with Crippen LogP contribution in [0.3, 0.4) is 0 Å². The molecule has 1 amide bonds. The smallest absolute Gasteiger partial charge is 0.291 e. The number of methoxy groups -OCH3 is 1. The van der Waals surface area contributed by atoms with E-state index in [4.69, 9.17) is 4.74 Å². The third-order valence-electron chi connectivity index (χ3n) is 5.86. The Balaban J connectivity index is 1.66. The predicted molar refractivity (Wildman–Crippen MR) is 118 cm³/mol. The van der Waals surface area contributed by atoms with Gasteiger partial charge in [-0.25, -0.2) is 4.98 Å². The lowest BCUT2D eigenvalue weighted by Gasteiger charge is -2.27. The monoisotopic (exact) mass is 431 g/mol. The summed E-state index contributed by atoms with van der Waals surface area (Å²) in [6, 6.07) is 13.6. The Hall–Kier alpha value is -3.74. The standard InChI is InChI=1S/C25H25N3O4/c1-17-4-6-19(7-5-17)23(29)21-22(18-8-10-20(32-2)11-9-18)28(25(31)24(21)30)14-3-13-27-15-12-26-16-27/h4-12,15-16,21-22H,3,13-14H2,1-2H3. The van der Waals surface area contributed by atoms with Crippen LogP contribution in [-0.4, -0.2) is 45.6 Å². The van der Waals surface area contributed by atoms with E-state index in [9.17, 15) is 14.4 Å². The second-order valence-corrected chi connectivity index (χ2v) is 7.94. The van der Waals surface area contributed by atoms with Crippen LogP contribution >= 0.6 is 0 Å². The van der Waals surface area contributed by atoms with Gasteiger partial charge >= 0.3 is 0 Å². The largest absolute Gasteiger partial charge is 0.497 e. The Labute approximate surface area is 186 Å². The molecule has 1 aliphatic heterocycles. The van der Waals surface area contributed by atoms with Crippen LogP contribution in [0.1, 0.15) is 33.9 Å². The summed E-state index contributed by atoms with van der Waals surface area (Å²) in [6.07, 6.45) is 5.89. The van der Waals surface area contributed by atoms with E-state index >= 15 is 0 Å². The molecule has 7 nitrogen and oxygen atoms in total. The molecule has 0 spiro atoms. The van der Waals surface area contributed by atoms with Crippen molar-refractivity contribution < 1.29 is 19.1 Å². The van der Waals surface area contributed by atoms with Crippen LogP contribution in [0.15, 0.2) is 67.3 Å². The number of rotatable bonds is 8. The van der Waals surface area contributed by atoms with E-state index in [0.717, 1.165) is 11.1 Å². The fourth-order valence-electron chi connectivity index (χ4n) is 4.14. The topological polar surface area (TPSA) is 81.5 Å². The number of amides is 1. The molecule has 0 aliphatic carbocycles. The van der Waals surface area contributed by atoms with Gasteiger partial charge in [0.15, 0.2) is 5.78 Å². The summed E-state index contributed by atoms with van der Waals surface area (Å²) in [5.74, 6) is -2.01. The summed E-state index contributed by atoms with van der Waals surface area (Å²) in [7, 11) is 1.57. The molecule has 2 atom stereocenters. The van der Waals surface area contributed by atoms with Crippen LogP contribution in [0.4, 0.5) is 0 Å². The summed E-state index contributed by atoms with van der Waals surface area (Å²) >= 11 is 0. The predicted octanol–water partition coefficient (Wildman–Crippen LogP) is 3.24. The first-order chi connectivity index (χ1) is 15.5. The van der Waals surface area contributed by atoms with Crippen molar-refractivity contribution in [2.45, 2.75) is 25.9 Å². The van der Waals surface area contributed by atoms with E-state index in [1.54, 1.807) is 43.9 Å². The molecular weight excluding hydrogens is 406 g/mol. The van der Waals surface area contributed by atoms with Gasteiger partial charge in [-0.2, -0.15) is 0 Å². The van der Waals surface area contributed by atoms with Crippen LogP contribution in [0.2, 0.25) is 0 Å². The van der Waals surface area contributed by atoms with E-state index in [2.05, 4.69) is 4.98 Å². The highest BCUT2D eigenvalue weighted by Crippen LogP contribution is 2.38. The van der Waals surface area contributed by atoms with E-state index in [1.165, 1.54) is 4.90 Å². The highest BCUT2D eigenvalue weighted by atomic mass is 16.5. The quantitative estimate of drug-likeness (QED) is 0.311. The number of ketones is 2. The molecule has 1 aliphatic rings. The lowest BCUT2D eigenvalue weighted by molar-refractivity contribution is -0.140. The Bertz CT molecular complexity index is 1110. The molecule has 1 fully saturated rings. The number of hydrogen-bond acceptors (Lipinski definition) is 5. The molecule has 0 radical (unpaired) electrons. The van der Waals surface area contributed by atoms with E-state index < -0.39 is 23.7 Å². The number of ether oxygens (including phenoxy) is 1. The van der Waals surface area contributed by atoms with Gasteiger partial charge in [-0.1, -0.05) is 42.0 Å². The Kier molecular flexibility index (Phi) is 6.16. The number of aryl methyl sites for hydroxylation is 2. The molecule has 1 aromatic heterocycles. The maximum absolute atomic E-state index is 13.4. The molecule has 164 valence electrons. The van der Waals surface area contributed by atoms with Crippen molar-refractivity contribution in [3.63, 3.8) is 0 Å². The first kappa shape index (κ1) is 21.5. The first-order valence-corrected chi connectivity index (χ1v) is 10.5. The Morgan fingerprint density at radius 2 is 1.75 bits per heavy atom. The SMILES string of the molecule is COc1ccc(C2C(C(=O)c3ccc(C)cc3)C(=O)C(=O)N2CCCn2ccnc2)cc1. The van der Waals surface area contributed by atoms with Gasteiger partial charge < -0.3 is 14.2 Å². The second-order valence-electron chi connectivity index (χ2n) is 7.94. The molecule has 2 unspecified atom stereocenters. The third kappa shape index (κ3) is 4.19. The van der Waals surface area contributed by atoms with Crippen LogP contribution in [0.25, 0.3) is 0 Å². The summed E-state index contributed by atoms with van der Waals surface area (Å²) < 4.78 is 7.16. The van der Waals surface area contributed by atoms with Crippen LogP contribution in [0, 0.1) is 12.8 Å². The first-order valence-electron chi connectivity index (χ1n) is 10.5. The number of hydrogen-bond donors (Lipinski definition) is 0. The van der Waals surface area contributed by atoms with Gasteiger partial charge in [-0.15, -0.1) is 0 Å². The highest BCUT2D eigenvalue weighted by molar-refractivity contribution is 6.44. The molecule has 7 heteroatoms. The van der Waals surface area contributed by atoms with Gasteiger partial charge in [0.25, 0.3) is 5.91 Å². The maximum Gasteiger partial charge on any atom is 0.291 e. The van der Waals surface area contributed by atoms with Crippen LogP contribution in [-0.2, 0) is 16.1 Å². The van der Waals surface area contributed by atoms with Crippen molar-refractivity contribution in [3.05, 3.63) is 83.9 Å².